The van der Waals surface area contributed by atoms with E-state index < -0.39 is 14.3 Å². The van der Waals surface area contributed by atoms with Crippen LogP contribution in [-0.2, 0) is 0 Å². The molecule has 92 valence electrons. The molecule has 0 N–H and O–H groups in total. The van der Waals surface area contributed by atoms with Crippen molar-refractivity contribution in [2.24, 2.45) is 0 Å². The Kier molecular flexibility index (Phi) is 3.67. The molecule has 0 atom stereocenters. The lowest BCUT2D eigenvalue weighted by Crippen LogP contribution is -2.18. The molecule has 0 radical (unpaired) electrons. The van der Waals surface area contributed by atoms with E-state index in [0.29, 0.717) is 5.56 Å². The van der Waals surface area contributed by atoms with Gasteiger partial charge in [-0.2, -0.15) is 0 Å². The summed E-state index contributed by atoms with van der Waals surface area (Å²) >= 11 is 0. The first kappa shape index (κ1) is 12.6. The first-order valence-corrected chi connectivity index (χ1v) is 7.10. The molecule has 0 nitrogen and oxygen atoms in total. The molecule has 0 aliphatic carbocycles. The van der Waals surface area contributed by atoms with Gasteiger partial charge in [-0.15, -0.1) is 0 Å². The van der Waals surface area contributed by atoms with Crippen molar-refractivity contribution in [1.82, 2.24) is 0 Å². The molecular formula is C14H11F3Si. The highest BCUT2D eigenvalue weighted by Gasteiger charge is 2.43. The zero-order valence-corrected chi connectivity index (χ0v) is 10.5. The SMILES string of the molecule is F[Si](F)(F)/C(=C/c1ccccc1)c1ccccc1. The van der Waals surface area contributed by atoms with Gasteiger partial charge in [-0.05, 0) is 17.2 Å². The Bertz CT molecular complexity index is 530. The van der Waals surface area contributed by atoms with E-state index >= 15 is 0 Å². The van der Waals surface area contributed by atoms with Crippen LogP contribution in [0.15, 0.2) is 60.7 Å². The predicted octanol–water partition coefficient (Wildman–Crippen LogP) is 4.61. The Morgan fingerprint density at radius 2 is 1.28 bits per heavy atom. The summed E-state index contributed by atoms with van der Waals surface area (Å²) in [7, 11) is -5.85. The number of hydrogen-bond acceptors (Lipinski definition) is 0. The van der Waals surface area contributed by atoms with E-state index in [4.69, 9.17) is 0 Å². The number of benzene rings is 2. The third kappa shape index (κ3) is 3.11. The molecular weight excluding hydrogens is 253 g/mol. The lowest BCUT2D eigenvalue weighted by atomic mass is 10.1. The molecule has 2 rings (SSSR count). The van der Waals surface area contributed by atoms with Gasteiger partial charge in [0.15, 0.2) is 0 Å². The first-order valence-electron chi connectivity index (χ1n) is 5.47. The Morgan fingerprint density at radius 3 is 1.78 bits per heavy atom. The lowest BCUT2D eigenvalue weighted by molar-refractivity contribution is 0.503. The van der Waals surface area contributed by atoms with E-state index in [0.717, 1.165) is 0 Å². The second-order valence-corrected chi connectivity index (χ2v) is 5.37. The fraction of sp³-hybridized carbons (Fsp3) is 0. The van der Waals surface area contributed by atoms with Crippen LogP contribution in [0, 0.1) is 0 Å². The maximum Gasteiger partial charge on any atom is 0.653 e. The summed E-state index contributed by atoms with van der Waals surface area (Å²) < 4.78 is 39.5. The van der Waals surface area contributed by atoms with Crippen LogP contribution in [0.25, 0.3) is 11.3 Å². The summed E-state index contributed by atoms with van der Waals surface area (Å²) in [6, 6.07) is 16.5. The van der Waals surface area contributed by atoms with Gasteiger partial charge >= 0.3 is 9.08 Å². The average molecular weight is 264 g/mol. The van der Waals surface area contributed by atoms with Crippen LogP contribution >= 0.6 is 0 Å². The number of halogens is 3. The summed E-state index contributed by atoms with van der Waals surface area (Å²) in [5.74, 6) is 0. The van der Waals surface area contributed by atoms with Crippen LogP contribution in [0.5, 0.6) is 0 Å². The van der Waals surface area contributed by atoms with Gasteiger partial charge in [0.2, 0.25) is 0 Å². The van der Waals surface area contributed by atoms with Gasteiger partial charge in [-0.25, -0.2) is 12.3 Å². The second-order valence-electron chi connectivity index (χ2n) is 3.83. The molecule has 2 aromatic rings. The largest absolute Gasteiger partial charge is 0.653 e. The van der Waals surface area contributed by atoms with Gasteiger partial charge in [0.05, 0.1) is 0 Å². The third-order valence-corrected chi connectivity index (χ3v) is 3.54. The summed E-state index contributed by atoms with van der Waals surface area (Å²) in [5, 5.41) is -0.491. The highest BCUT2D eigenvalue weighted by atomic mass is 28.5. The van der Waals surface area contributed by atoms with Crippen molar-refractivity contribution in [3.8, 4) is 0 Å². The lowest BCUT2D eigenvalue weighted by Gasteiger charge is -2.09. The van der Waals surface area contributed by atoms with Gasteiger partial charge in [0.1, 0.15) is 0 Å². The third-order valence-electron chi connectivity index (χ3n) is 2.50. The molecule has 4 heteroatoms. The molecule has 0 aromatic heterocycles. The van der Waals surface area contributed by atoms with E-state index in [9.17, 15) is 12.3 Å². The summed E-state index contributed by atoms with van der Waals surface area (Å²) in [4.78, 5) is 0. The van der Waals surface area contributed by atoms with Crippen LogP contribution in [0.2, 0.25) is 0 Å². The van der Waals surface area contributed by atoms with Crippen molar-refractivity contribution in [3.05, 3.63) is 71.8 Å². The first-order chi connectivity index (χ1) is 8.57. The number of rotatable bonds is 3. The van der Waals surface area contributed by atoms with Crippen LogP contribution in [0.1, 0.15) is 11.1 Å². The van der Waals surface area contributed by atoms with Gasteiger partial charge < -0.3 is 0 Å². The zero-order chi connectivity index (χ0) is 13.0. The van der Waals surface area contributed by atoms with Crippen molar-refractivity contribution in [3.63, 3.8) is 0 Å². The molecule has 18 heavy (non-hydrogen) atoms. The normalized spacial score (nSPS) is 12.5. The van der Waals surface area contributed by atoms with Crippen molar-refractivity contribution in [2.45, 2.75) is 0 Å². The fourth-order valence-electron chi connectivity index (χ4n) is 1.66. The highest BCUT2D eigenvalue weighted by Crippen LogP contribution is 2.31. The Hall–Kier alpha value is -1.81. The Balaban J connectivity index is 2.48. The van der Waals surface area contributed by atoms with E-state index in [1.807, 2.05) is 0 Å². The molecule has 0 heterocycles. The molecule has 0 unspecified atom stereocenters. The average Bonchev–Trinajstić information content (AvgIpc) is 2.37. The monoisotopic (exact) mass is 264 g/mol. The van der Waals surface area contributed by atoms with E-state index in [1.54, 1.807) is 48.5 Å². The van der Waals surface area contributed by atoms with Crippen molar-refractivity contribution in [1.29, 1.82) is 0 Å². The Labute approximate surface area is 105 Å². The van der Waals surface area contributed by atoms with Crippen LogP contribution in [0.4, 0.5) is 12.3 Å². The van der Waals surface area contributed by atoms with Gasteiger partial charge in [0, 0.05) is 5.20 Å². The second kappa shape index (κ2) is 5.22. The smallest absolute Gasteiger partial charge is 0.234 e. The van der Waals surface area contributed by atoms with Crippen molar-refractivity contribution < 1.29 is 12.3 Å². The molecule has 0 amide bonds. The Morgan fingerprint density at radius 1 is 0.778 bits per heavy atom. The molecule has 2 aromatic carbocycles. The molecule has 0 aliphatic rings. The van der Waals surface area contributed by atoms with E-state index in [2.05, 4.69) is 0 Å². The molecule has 0 saturated heterocycles. The summed E-state index contributed by atoms with van der Waals surface area (Å²) in [5.41, 5.74) is 0.807. The van der Waals surface area contributed by atoms with E-state index in [1.165, 1.54) is 18.2 Å². The summed E-state index contributed by atoms with van der Waals surface area (Å²) in [6.07, 6.45) is 1.22. The van der Waals surface area contributed by atoms with Gasteiger partial charge in [-0.1, -0.05) is 60.7 Å². The van der Waals surface area contributed by atoms with Crippen LogP contribution < -0.4 is 0 Å². The fourth-order valence-corrected chi connectivity index (χ4v) is 2.49. The molecule has 0 spiro atoms. The highest BCUT2D eigenvalue weighted by molar-refractivity contribution is 6.80. The standard InChI is InChI=1S/C14H11F3Si/c15-18(16,17)14(13-9-5-2-6-10-13)11-12-7-3-1-4-8-12/h1-11H/b14-11+. The predicted molar refractivity (Wildman–Crippen MR) is 69.8 cm³/mol. The van der Waals surface area contributed by atoms with E-state index in [-0.39, 0.29) is 5.56 Å². The minimum atomic E-state index is -5.85. The maximum absolute atomic E-state index is 13.2. The minimum absolute atomic E-state index is 0.237. The molecule has 0 aliphatic heterocycles. The van der Waals surface area contributed by atoms with Crippen LogP contribution in [0.3, 0.4) is 0 Å². The minimum Gasteiger partial charge on any atom is -0.234 e. The summed E-state index contributed by atoms with van der Waals surface area (Å²) in [6.45, 7) is 0. The zero-order valence-electron chi connectivity index (χ0n) is 9.48. The molecule has 0 saturated carbocycles. The quantitative estimate of drug-likeness (QED) is 0.431. The molecule has 0 bridgehead atoms. The van der Waals surface area contributed by atoms with Gasteiger partial charge in [-0.3, -0.25) is 0 Å². The number of hydrogen-bond donors (Lipinski definition) is 0. The van der Waals surface area contributed by atoms with Crippen molar-refractivity contribution >= 4 is 20.3 Å². The van der Waals surface area contributed by atoms with Crippen LogP contribution in [-0.4, -0.2) is 9.08 Å². The topological polar surface area (TPSA) is 0 Å². The van der Waals surface area contributed by atoms with Gasteiger partial charge in [0.25, 0.3) is 0 Å². The van der Waals surface area contributed by atoms with Crippen molar-refractivity contribution in [2.75, 3.05) is 0 Å². The maximum atomic E-state index is 13.2. The molecule has 0 fully saturated rings.